The van der Waals surface area contributed by atoms with Crippen molar-refractivity contribution in [1.29, 1.82) is 0 Å². The van der Waals surface area contributed by atoms with E-state index in [1.54, 1.807) is 20.0 Å². The van der Waals surface area contributed by atoms with Crippen molar-refractivity contribution in [3.05, 3.63) is 42.1 Å². The van der Waals surface area contributed by atoms with Gasteiger partial charge in [0.05, 0.1) is 10.3 Å². The lowest BCUT2D eigenvalue weighted by Crippen LogP contribution is -2.41. The molecular formula is C15H20N2O2S. The molecule has 5 heteroatoms. The van der Waals surface area contributed by atoms with E-state index >= 15 is 0 Å². The molecule has 0 saturated carbocycles. The summed E-state index contributed by atoms with van der Waals surface area (Å²) in [5.41, 5.74) is 2.09. The van der Waals surface area contributed by atoms with Crippen molar-refractivity contribution >= 4 is 20.7 Å². The van der Waals surface area contributed by atoms with Crippen molar-refractivity contribution in [1.82, 2.24) is 10.3 Å². The van der Waals surface area contributed by atoms with Gasteiger partial charge in [-0.15, -0.1) is 0 Å². The maximum absolute atomic E-state index is 11.6. The summed E-state index contributed by atoms with van der Waals surface area (Å²) >= 11 is 0. The number of hydrogen-bond donors (Lipinski definition) is 1. The molecule has 0 aliphatic carbocycles. The molecule has 1 aromatic carbocycles. The van der Waals surface area contributed by atoms with E-state index in [0.29, 0.717) is 13.1 Å². The fourth-order valence-corrected chi connectivity index (χ4v) is 2.24. The normalized spacial score (nSPS) is 12.8. The van der Waals surface area contributed by atoms with Crippen molar-refractivity contribution in [2.45, 2.75) is 25.1 Å². The molecule has 0 amide bonds. The molecular weight excluding hydrogens is 272 g/mol. The Morgan fingerprint density at radius 3 is 2.70 bits per heavy atom. The third-order valence-electron chi connectivity index (χ3n) is 3.55. The van der Waals surface area contributed by atoms with Crippen LogP contribution in [-0.4, -0.2) is 30.9 Å². The predicted octanol–water partition coefficient (Wildman–Crippen LogP) is 2.15. The van der Waals surface area contributed by atoms with Gasteiger partial charge in [0.25, 0.3) is 0 Å². The first-order valence-corrected chi connectivity index (χ1v) is 8.43. The molecule has 0 aliphatic rings. The smallest absolute Gasteiger partial charge is 0.153 e. The topological polar surface area (TPSA) is 59.1 Å². The highest BCUT2D eigenvalue weighted by Gasteiger charge is 2.29. The highest BCUT2D eigenvalue weighted by molar-refractivity contribution is 7.92. The molecule has 0 radical (unpaired) electrons. The third kappa shape index (κ3) is 3.35. The Morgan fingerprint density at radius 1 is 1.25 bits per heavy atom. The van der Waals surface area contributed by atoms with Crippen LogP contribution in [0.1, 0.15) is 19.4 Å². The number of nitrogens with zero attached hydrogens (tertiary/aromatic N) is 1. The van der Waals surface area contributed by atoms with Crippen LogP contribution in [0.5, 0.6) is 0 Å². The van der Waals surface area contributed by atoms with Gasteiger partial charge in [0, 0.05) is 30.9 Å². The number of pyridine rings is 1. The van der Waals surface area contributed by atoms with Gasteiger partial charge in [0.1, 0.15) is 0 Å². The molecule has 4 nitrogen and oxygen atoms in total. The number of benzene rings is 1. The molecule has 108 valence electrons. The van der Waals surface area contributed by atoms with Gasteiger partial charge in [0.15, 0.2) is 9.84 Å². The van der Waals surface area contributed by atoms with Crippen molar-refractivity contribution in [2.24, 2.45) is 0 Å². The molecule has 1 aromatic heterocycles. The van der Waals surface area contributed by atoms with Crippen LogP contribution < -0.4 is 5.32 Å². The fourth-order valence-electron chi connectivity index (χ4n) is 1.87. The zero-order valence-corrected chi connectivity index (χ0v) is 12.9. The Labute approximate surface area is 120 Å². The minimum absolute atomic E-state index is 0.427. The van der Waals surface area contributed by atoms with Crippen LogP contribution >= 0.6 is 0 Å². The standard InChI is InChI=1S/C15H20N2O2S/c1-15(2,20(3,18)19)11-16-10-12-6-7-14-13(9-12)5-4-8-17-14/h4-9,16H,10-11H2,1-3H3. The van der Waals surface area contributed by atoms with E-state index in [9.17, 15) is 8.42 Å². The highest BCUT2D eigenvalue weighted by atomic mass is 32.2. The molecule has 0 spiro atoms. The second kappa shape index (κ2) is 5.50. The molecule has 0 aliphatic heterocycles. The van der Waals surface area contributed by atoms with Gasteiger partial charge < -0.3 is 5.32 Å². The van der Waals surface area contributed by atoms with Gasteiger partial charge in [-0.2, -0.15) is 0 Å². The van der Waals surface area contributed by atoms with Crippen LogP contribution in [0.15, 0.2) is 36.5 Å². The summed E-state index contributed by atoms with van der Waals surface area (Å²) in [6.45, 7) is 4.54. The van der Waals surface area contributed by atoms with Gasteiger partial charge in [-0.05, 0) is 37.6 Å². The third-order valence-corrected chi connectivity index (χ3v) is 5.70. The number of nitrogens with one attached hydrogen (secondary N) is 1. The predicted molar refractivity (Wildman–Crippen MR) is 82.4 cm³/mol. The minimum atomic E-state index is -3.06. The Kier molecular flexibility index (Phi) is 4.11. The number of aromatic nitrogens is 1. The highest BCUT2D eigenvalue weighted by Crippen LogP contribution is 2.15. The largest absolute Gasteiger partial charge is 0.311 e. The van der Waals surface area contributed by atoms with Crippen molar-refractivity contribution in [2.75, 3.05) is 12.8 Å². The van der Waals surface area contributed by atoms with E-state index in [4.69, 9.17) is 0 Å². The second-order valence-corrected chi connectivity index (χ2v) is 8.32. The van der Waals surface area contributed by atoms with Gasteiger partial charge in [-0.3, -0.25) is 4.98 Å². The Balaban J connectivity index is 2.03. The van der Waals surface area contributed by atoms with Crippen LogP contribution in [0.4, 0.5) is 0 Å². The van der Waals surface area contributed by atoms with Gasteiger partial charge in [-0.1, -0.05) is 12.1 Å². The Morgan fingerprint density at radius 2 is 2.00 bits per heavy atom. The van der Waals surface area contributed by atoms with Crippen molar-refractivity contribution < 1.29 is 8.42 Å². The first-order chi connectivity index (χ1) is 9.29. The van der Waals surface area contributed by atoms with Crippen LogP contribution in [0.3, 0.4) is 0 Å². The molecule has 0 unspecified atom stereocenters. The first kappa shape index (κ1) is 14.9. The number of rotatable bonds is 5. The van der Waals surface area contributed by atoms with Gasteiger partial charge in [0.2, 0.25) is 0 Å². The van der Waals surface area contributed by atoms with Gasteiger partial charge in [-0.25, -0.2) is 8.42 Å². The zero-order chi connectivity index (χ0) is 14.8. The first-order valence-electron chi connectivity index (χ1n) is 6.54. The van der Waals surface area contributed by atoms with E-state index in [0.717, 1.165) is 16.5 Å². The summed E-state index contributed by atoms with van der Waals surface area (Å²) in [7, 11) is -3.06. The van der Waals surface area contributed by atoms with Crippen LogP contribution in [0, 0.1) is 0 Å². The lowest BCUT2D eigenvalue weighted by Gasteiger charge is -2.22. The maximum Gasteiger partial charge on any atom is 0.153 e. The quantitative estimate of drug-likeness (QED) is 0.917. The zero-order valence-electron chi connectivity index (χ0n) is 12.1. The minimum Gasteiger partial charge on any atom is -0.311 e. The Hall–Kier alpha value is -1.46. The number of sulfone groups is 1. The summed E-state index contributed by atoms with van der Waals surface area (Å²) in [4.78, 5) is 4.27. The van der Waals surface area contributed by atoms with Gasteiger partial charge >= 0.3 is 0 Å². The molecule has 1 heterocycles. The molecule has 2 rings (SSSR count). The van der Waals surface area contributed by atoms with Crippen LogP contribution in [0.2, 0.25) is 0 Å². The molecule has 0 saturated heterocycles. The second-order valence-electron chi connectivity index (χ2n) is 5.67. The summed E-state index contributed by atoms with van der Waals surface area (Å²) in [6.07, 6.45) is 3.05. The summed E-state index contributed by atoms with van der Waals surface area (Å²) in [6, 6.07) is 9.99. The summed E-state index contributed by atoms with van der Waals surface area (Å²) < 4.78 is 22.5. The van der Waals surface area contributed by atoms with E-state index in [1.807, 2.05) is 24.3 Å². The van der Waals surface area contributed by atoms with E-state index in [2.05, 4.69) is 16.4 Å². The van der Waals surface area contributed by atoms with Crippen LogP contribution in [-0.2, 0) is 16.4 Å². The Bertz CT molecular complexity index is 709. The van der Waals surface area contributed by atoms with Crippen molar-refractivity contribution in [3.8, 4) is 0 Å². The molecule has 0 fully saturated rings. The maximum atomic E-state index is 11.6. The summed E-state index contributed by atoms with van der Waals surface area (Å²) in [5.74, 6) is 0. The monoisotopic (exact) mass is 292 g/mol. The van der Waals surface area contributed by atoms with E-state index in [-0.39, 0.29) is 0 Å². The van der Waals surface area contributed by atoms with Crippen molar-refractivity contribution in [3.63, 3.8) is 0 Å². The lowest BCUT2D eigenvalue weighted by atomic mass is 10.1. The van der Waals surface area contributed by atoms with E-state index in [1.165, 1.54) is 6.26 Å². The SMILES string of the molecule is CC(C)(CNCc1ccc2ncccc2c1)S(C)(=O)=O. The molecule has 20 heavy (non-hydrogen) atoms. The molecule has 2 aromatic rings. The number of fused-ring (bicyclic) bond motifs is 1. The fraction of sp³-hybridized carbons (Fsp3) is 0.400. The molecule has 0 bridgehead atoms. The average Bonchev–Trinajstić information content (AvgIpc) is 2.37. The molecule has 1 N–H and O–H groups in total. The van der Waals surface area contributed by atoms with E-state index < -0.39 is 14.6 Å². The average molecular weight is 292 g/mol. The molecule has 0 atom stereocenters. The number of hydrogen-bond acceptors (Lipinski definition) is 4. The van der Waals surface area contributed by atoms with Crippen LogP contribution in [0.25, 0.3) is 10.9 Å². The summed E-state index contributed by atoms with van der Waals surface area (Å²) in [5, 5.41) is 4.31. The lowest BCUT2D eigenvalue weighted by molar-refractivity contribution is 0.521.